The Bertz CT molecular complexity index is 277. The monoisotopic (exact) mass is 276 g/mol. The molecule has 1 fully saturated rings. The average molecular weight is 276 g/mol. The molecule has 0 saturated heterocycles. The maximum atomic E-state index is 12.1. The van der Waals surface area contributed by atoms with Gasteiger partial charge >= 0.3 is 7.60 Å². The predicted octanol–water partition coefficient (Wildman–Crippen LogP) is 4.74. The molecule has 1 unspecified atom stereocenters. The van der Waals surface area contributed by atoms with Crippen molar-refractivity contribution in [2.45, 2.75) is 77.8 Å². The van der Waals surface area contributed by atoms with E-state index in [0.717, 1.165) is 44.9 Å². The molecular formula is C14H29O3P. The topological polar surface area (TPSA) is 46.5 Å². The maximum Gasteiger partial charge on any atom is 0.331 e. The summed E-state index contributed by atoms with van der Waals surface area (Å²) in [5.74, 6) is 0. The molecule has 0 bridgehead atoms. The summed E-state index contributed by atoms with van der Waals surface area (Å²) in [6.45, 7) is 7.08. The van der Waals surface area contributed by atoms with E-state index in [1.54, 1.807) is 0 Å². The minimum absolute atomic E-state index is 0.103. The van der Waals surface area contributed by atoms with Gasteiger partial charge in [-0.25, -0.2) is 0 Å². The van der Waals surface area contributed by atoms with Gasteiger partial charge in [-0.1, -0.05) is 46.5 Å². The molecule has 1 N–H and O–H groups in total. The molecule has 0 aromatic heterocycles. The van der Waals surface area contributed by atoms with E-state index in [1.807, 2.05) is 0 Å². The van der Waals surface area contributed by atoms with Gasteiger partial charge in [0, 0.05) is 0 Å². The van der Waals surface area contributed by atoms with E-state index in [4.69, 9.17) is 4.52 Å². The van der Waals surface area contributed by atoms with Crippen LogP contribution >= 0.6 is 7.60 Å². The Morgan fingerprint density at radius 1 is 1.17 bits per heavy atom. The van der Waals surface area contributed by atoms with Crippen molar-refractivity contribution in [3.63, 3.8) is 0 Å². The first-order valence-electron chi connectivity index (χ1n) is 7.28. The lowest BCUT2D eigenvalue weighted by Crippen LogP contribution is -2.15. The second kappa shape index (κ2) is 7.07. The summed E-state index contributed by atoms with van der Waals surface area (Å²) in [7, 11) is -3.35. The van der Waals surface area contributed by atoms with Crippen LogP contribution in [-0.4, -0.2) is 17.2 Å². The van der Waals surface area contributed by atoms with Crippen molar-refractivity contribution in [3.8, 4) is 0 Å². The van der Waals surface area contributed by atoms with Crippen LogP contribution in [-0.2, 0) is 9.09 Å². The summed E-state index contributed by atoms with van der Waals surface area (Å²) in [4.78, 5) is 9.93. The Kier molecular flexibility index (Phi) is 6.37. The highest BCUT2D eigenvalue weighted by atomic mass is 31.2. The van der Waals surface area contributed by atoms with E-state index in [1.165, 1.54) is 6.42 Å². The fourth-order valence-electron chi connectivity index (χ4n) is 2.47. The van der Waals surface area contributed by atoms with Crippen LogP contribution < -0.4 is 0 Å². The molecule has 1 saturated carbocycles. The summed E-state index contributed by atoms with van der Waals surface area (Å²) in [6, 6.07) is 0. The molecule has 1 rings (SSSR count). The molecule has 18 heavy (non-hydrogen) atoms. The van der Waals surface area contributed by atoms with Crippen LogP contribution in [0.5, 0.6) is 0 Å². The normalized spacial score (nSPS) is 21.8. The molecule has 0 aliphatic heterocycles. The Morgan fingerprint density at radius 3 is 2.33 bits per heavy atom. The Balaban J connectivity index is 2.19. The van der Waals surface area contributed by atoms with Gasteiger partial charge in [-0.15, -0.1) is 0 Å². The van der Waals surface area contributed by atoms with Crippen LogP contribution in [0.15, 0.2) is 0 Å². The van der Waals surface area contributed by atoms with Crippen LogP contribution in [0.3, 0.4) is 0 Å². The minimum Gasteiger partial charge on any atom is -0.324 e. The van der Waals surface area contributed by atoms with Crippen molar-refractivity contribution >= 4 is 7.60 Å². The van der Waals surface area contributed by atoms with E-state index in [0.29, 0.717) is 12.0 Å². The van der Waals surface area contributed by atoms with Crippen LogP contribution in [0.4, 0.5) is 0 Å². The predicted molar refractivity (Wildman–Crippen MR) is 76.0 cm³/mol. The molecule has 0 aromatic rings. The van der Waals surface area contributed by atoms with Crippen molar-refractivity contribution in [2.24, 2.45) is 5.41 Å². The third kappa shape index (κ3) is 6.36. The second-order valence-electron chi connectivity index (χ2n) is 6.71. The third-order valence-corrected chi connectivity index (χ3v) is 5.63. The first-order chi connectivity index (χ1) is 8.31. The first-order valence-corrected chi connectivity index (χ1v) is 8.93. The smallest absolute Gasteiger partial charge is 0.324 e. The van der Waals surface area contributed by atoms with Crippen LogP contribution in [0.1, 0.15) is 72.1 Å². The zero-order valence-electron chi connectivity index (χ0n) is 12.2. The van der Waals surface area contributed by atoms with Crippen LogP contribution in [0.25, 0.3) is 0 Å². The average Bonchev–Trinajstić information content (AvgIpc) is 2.28. The van der Waals surface area contributed by atoms with Gasteiger partial charge < -0.3 is 9.42 Å². The van der Waals surface area contributed by atoms with Crippen molar-refractivity contribution in [1.29, 1.82) is 0 Å². The molecule has 1 aliphatic carbocycles. The minimum atomic E-state index is -3.35. The molecule has 3 nitrogen and oxygen atoms in total. The van der Waals surface area contributed by atoms with E-state index >= 15 is 0 Å². The molecule has 0 radical (unpaired) electrons. The number of rotatable bonds is 6. The fourth-order valence-corrected chi connectivity index (χ4v) is 4.08. The molecule has 0 spiro atoms. The Hall–Kier alpha value is 0.150. The second-order valence-corrected chi connectivity index (χ2v) is 8.82. The van der Waals surface area contributed by atoms with Crippen molar-refractivity contribution in [3.05, 3.63) is 0 Å². The van der Waals surface area contributed by atoms with Crippen molar-refractivity contribution < 1.29 is 14.0 Å². The highest BCUT2D eigenvalue weighted by Crippen LogP contribution is 2.52. The zero-order chi connectivity index (χ0) is 13.6. The standard InChI is InChI=1S/C14H29O3P/c1-14(2,3)11-7-8-12-17-18(15,16)13-9-5-4-6-10-13/h13H,4-12H2,1-3H3,(H,15,16). The Labute approximate surface area is 112 Å². The highest BCUT2D eigenvalue weighted by molar-refractivity contribution is 7.53. The molecule has 0 aromatic carbocycles. The summed E-state index contributed by atoms with van der Waals surface area (Å²) in [5.41, 5.74) is 0.237. The van der Waals surface area contributed by atoms with E-state index < -0.39 is 7.60 Å². The molecule has 1 aliphatic rings. The molecular weight excluding hydrogens is 247 g/mol. The quantitative estimate of drug-likeness (QED) is 0.563. The van der Waals surface area contributed by atoms with E-state index in [9.17, 15) is 9.46 Å². The van der Waals surface area contributed by atoms with Crippen LogP contribution in [0, 0.1) is 5.41 Å². The molecule has 108 valence electrons. The lowest BCUT2D eigenvalue weighted by molar-refractivity contribution is 0.231. The van der Waals surface area contributed by atoms with Gasteiger partial charge in [0.25, 0.3) is 0 Å². The third-order valence-electron chi connectivity index (χ3n) is 3.63. The fraction of sp³-hybridized carbons (Fsp3) is 1.00. The van der Waals surface area contributed by atoms with Gasteiger partial charge in [0.1, 0.15) is 0 Å². The van der Waals surface area contributed by atoms with Crippen molar-refractivity contribution in [1.82, 2.24) is 0 Å². The zero-order valence-corrected chi connectivity index (χ0v) is 13.0. The number of hydrogen-bond donors (Lipinski definition) is 1. The number of hydrogen-bond acceptors (Lipinski definition) is 2. The molecule has 4 heteroatoms. The molecule has 1 atom stereocenters. The highest BCUT2D eigenvalue weighted by Gasteiger charge is 2.33. The van der Waals surface area contributed by atoms with E-state index in [-0.39, 0.29) is 5.66 Å². The maximum absolute atomic E-state index is 12.1. The van der Waals surface area contributed by atoms with Crippen LogP contribution in [0.2, 0.25) is 0 Å². The van der Waals surface area contributed by atoms with Gasteiger partial charge in [-0.05, 0) is 31.1 Å². The summed E-state index contributed by atoms with van der Waals surface area (Å²) >= 11 is 0. The first kappa shape index (κ1) is 16.2. The SMILES string of the molecule is CC(C)(C)CCCCOP(=O)(O)C1CCCCC1. The summed E-state index contributed by atoms with van der Waals surface area (Å²) in [5, 5.41) is 0. The van der Waals surface area contributed by atoms with Gasteiger partial charge in [0.05, 0.1) is 12.3 Å². The molecule has 0 heterocycles. The lowest BCUT2D eigenvalue weighted by atomic mass is 9.90. The van der Waals surface area contributed by atoms with Gasteiger partial charge in [-0.2, -0.15) is 0 Å². The summed E-state index contributed by atoms with van der Waals surface area (Å²) < 4.78 is 17.4. The molecule has 0 amide bonds. The van der Waals surface area contributed by atoms with Crippen molar-refractivity contribution in [2.75, 3.05) is 6.61 Å². The lowest BCUT2D eigenvalue weighted by Gasteiger charge is -2.26. The van der Waals surface area contributed by atoms with Gasteiger partial charge in [0.2, 0.25) is 0 Å². The summed E-state index contributed by atoms with van der Waals surface area (Å²) in [6.07, 6.45) is 8.14. The van der Waals surface area contributed by atoms with Gasteiger partial charge in [-0.3, -0.25) is 4.57 Å². The van der Waals surface area contributed by atoms with Gasteiger partial charge in [0.15, 0.2) is 0 Å². The van der Waals surface area contributed by atoms with E-state index in [2.05, 4.69) is 20.8 Å². The largest absolute Gasteiger partial charge is 0.331 e. The number of unbranched alkanes of at least 4 members (excludes halogenated alkanes) is 1. The Morgan fingerprint density at radius 2 is 1.78 bits per heavy atom.